The molecule has 2 heterocycles. The van der Waals surface area contributed by atoms with Crippen LogP contribution in [0.5, 0.6) is 11.5 Å². The Morgan fingerprint density at radius 2 is 1.74 bits per heavy atom. The Kier molecular flexibility index (Phi) is 7.63. The van der Waals surface area contributed by atoms with E-state index in [-0.39, 0.29) is 45.3 Å². The number of anilines is 2. The molecule has 5 rings (SSSR count). The third-order valence-corrected chi connectivity index (χ3v) is 7.11. The molecule has 0 atom stereocenters. The molecule has 0 unspecified atom stereocenters. The highest BCUT2D eigenvalue weighted by molar-refractivity contribution is 6.36. The summed E-state index contributed by atoms with van der Waals surface area (Å²) in [6.45, 7) is 3.99. The fraction of sp³-hybridized carbons (Fsp3) is 0.286. The van der Waals surface area contributed by atoms with Crippen molar-refractivity contribution in [1.82, 2.24) is 10.3 Å². The largest absolute Gasteiger partial charge is 0.455 e. The van der Waals surface area contributed by atoms with E-state index in [4.69, 9.17) is 32.7 Å². The zero-order chi connectivity index (χ0) is 27.7. The molecule has 11 heteroatoms. The molecule has 0 radical (unpaired) electrons. The number of fused-ring (bicyclic) bond motifs is 1. The number of rotatable bonds is 7. The molecule has 1 aromatic heterocycles. The van der Waals surface area contributed by atoms with Crippen molar-refractivity contribution in [3.63, 3.8) is 0 Å². The van der Waals surface area contributed by atoms with Crippen LogP contribution < -0.4 is 19.9 Å². The SMILES string of the molecule is CC(=O)OCNC(=O)c1cc(Cl)c(Oc2cc(C)ncc2C(=O)N2CCN(C3CC3)c3ccccc32)cc1Cl. The number of aryl methyl sites for hydroxylation is 1. The Morgan fingerprint density at radius 1 is 1.00 bits per heavy atom. The van der Waals surface area contributed by atoms with Crippen LogP contribution in [-0.2, 0) is 9.53 Å². The third-order valence-electron chi connectivity index (χ3n) is 6.51. The van der Waals surface area contributed by atoms with Crippen molar-refractivity contribution in [3.8, 4) is 11.5 Å². The molecule has 202 valence electrons. The Bertz CT molecular complexity index is 1460. The van der Waals surface area contributed by atoms with Gasteiger partial charge in [0.15, 0.2) is 6.73 Å². The van der Waals surface area contributed by atoms with Gasteiger partial charge in [-0.25, -0.2) is 0 Å². The Hall–Kier alpha value is -3.82. The summed E-state index contributed by atoms with van der Waals surface area (Å²) in [5.74, 6) is -0.927. The molecule has 2 aromatic carbocycles. The molecule has 2 aliphatic rings. The molecule has 1 aliphatic carbocycles. The minimum absolute atomic E-state index is 0.0681. The van der Waals surface area contributed by atoms with E-state index >= 15 is 0 Å². The van der Waals surface area contributed by atoms with Gasteiger partial charge in [0.25, 0.3) is 11.8 Å². The molecule has 9 nitrogen and oxygen atoms in total. The number of ether oxygens (including phenoxy) is 2. The number of halogens is 2. The van der Waals surface area contributed by atoms with Crippen LogP contribution in [0.2, 0.25) is 10.0 Å². The Balaban J connectivity index is 1.41. The van der Waals surface area contributed by atoms with Gasteiger partial charge in [0.2, 0.25) is 0 Å². The number of nitrogens with one attached hydrogen (secondary N) is 1. The molecular weight excluding hydrogens is 543 g/mol. The number of carbonyl (C=O) groups is 3. The molecule has 0 saturated heterocycles. The first kappa shape index (κ1) is 26.8. The maximum Gasteiger partial charge on any atom is 0.304 e. The summed E-state index contributed by atoms with van der Waals surface area (Å²) >= 11 is 12.8. The highest BCUT2D eigenvalue weighted by atomic mass is 35.5. The Labute approximate surface area is 235 Å². The van der Waals surface area contributed by atoms with Crippen molar-refractivity contribution in [2.45, 2.75) is 32.7 Å². The van der Waals surface area contributed by atoms with Crippen molar-refractivity contribution in [3.05, 3.63) is 75.5 Å². The van der Waals surface area contributed by atoms with E-state index < -0.39 is 11.9 Å². The van der Waals surface area contributed by atoms with Gasteiger partial charge in [0.05, 0.1) is 27.0 Å². The van der Waals surface area contributed by atoms with Crippen LogP contribution in [0.4, 0.5) is 11.4 Å². The summed E-state index contributed by atoms with van der Waals surface area (Å²) in [5.41, 5.74) is 2.88. The topological polar surface area (TPSA) is 101 Å². The Morgan fingerprint density at radius 3 is 2.46 bits per heavy atom. The van der Waals surface area contributed by atoms with Crippen LogP contribution in [0.3, 0.4) is 0 Å². The van der Waals surface area contributed by atoms with Crippen LogP contribution in [-0.4, -0.2) is 48.6 Å². The second-order valence-electron chi connectivity index (χ2n) is 9.34. The molecule has 1 saturated carbocycles. The number of benzene rings is 2. The smallest absolute Gasteiger partial charge is 0.304 e. The molecule has 39 heavy (non-hydrogen) atoms. The van der Waals surface area contributed by atoms with Crippen LogP contribution in [0.1, 0.15) is 46.2 Å². The average molecular weight is 569 g/mol. The second-order valence-corrected chi connectivity index (χ2v) is 10.2. The molecule has 0 bridgehead atoms. The lowest BCUT2D eigenvalue weighted by atomic mass is 10.1. The molecule has 1 fully saturated rings. The summed E-state index contributed by atoms with van der Waals surface area (Å²) in [6.07, 6.45) is 3.82. The van der Waals surface area contributed by atoms with Gasteiger partial charge in [-0.3, -0.25) is 19.4 Å². The standard InChI is InChI=1S/C28H26Cl2N4O5/c1-16-11-25(39-26-13-21(29)19(12-22(26)30)27(36)32-15-38-17(2)35)20(14-31-16)28(37)34-10-9-33(18-7-8-18)23-5-3-4-6-24(23)34/h3-6,11-14,18H,7-10,15H2,1-2H3,(H,32,36). The van der Waals surface area contributed by atoms with Gasteiger partial charge in [-0.1, -0.05) is 35.3 Å². The van der Waals surface area contributed by atoms with E-state index in [9.17, 15) is 14.4 Å². The van der Waals surface area contributed by atoms with Crippen molar-refractivity contribution in [2.24, 2.45) is 0 Å². The lowest BCUT2D eigenvalue weighted by molar-refractivity contribution is -0.141. The van der Waals surface area contributed by atoms with E-state index in [1.165, 1.54) is 25.3 Å². The van der Waals surface area contributed by atoms with E-state index in [0.717, 1.165) is 30.8 Å². The quantitative estimate of drug-likeness (QED) is 0.302. The number of hydrogen-bond acceptors (Lipinski definition) is 7. The maximum atomic E-state index is 13.9. The van der Waals surface area contributed by atoms with Crippen LogP contribution in [0.15, 0.2) is 48.7 Å². The van der Waals surface area contributed by atoms with Crippen molar-refractivity contribution < 1.29 is 23.9 Å². The highest BCUT2D eigenvalue weighted by Crippen LogP contribution is 2.41. The monoisotopic (exact) mass is 568 g/mol. The fourth-order valence-electron chi connectivity index (χ4n) is 4.48. The number of carbonyl (C=O) groups excluding carboxylic acids is 3. The average Bonchev–Trinajstić information content (AvgIpc) is 3.75. The number of hydrogen-bond donors (Lipinski definition) is 1. The van der Waals surface area contributed by atoms with E-state index in [2.05, 4.69) is 15.2 Å². The lowest BCUT2D eigenvalue weighted by Crippen LogP contribution is -2.45. The molecule has 1 N–H and O–H groups in total. The minimum Gasteiger partial charge on any atom is -0.455 e. The zero-order valence-corrected chi connectivity index (χ0v) is 22.9. The number of nitrogens with zero attached hydrogens (tertiary/aromatic N) is 3. The number of pyridine rings is 1. The second kappa shape index (κ2) is 11.1. The maximum absolute atomic E-state index is 13.9. The van der Waals surface area contributed by atoms with Gasteiger partial charge in [-0.05, 0) is 38.0 Å². The first-order chi connectivity index (χ1) is 18.7. The zero-order valence-electron chi connectivity index (χ0n) is 21.4. The minimum atomic E-state index is -0.575. The number of aromatic nitrogens is 1. The van der Waals surface area contributed by atoms with E-state index in [1.807, 2.05) is 24.3 Å². The normalized spacial score (nSPS) is 14.5. The van der Waals surface area contributed by atoms with Crippen molar-refractivity contribution in [1.29, 1.82) is 0 Å². The number of amides is 2. The van der Waals surface area contributed by atoms with Crippen molar-refractivity contribution in [2.75, 3.05) is 29.6 Å². The molecular formula is C28H26Cl2N4O5. The number of esters is 1. The summed E-state index contributed by atoms with van der Waals surface area (Å²) in [6, 6.07) is 12.8. The summed E-state index contributed by atoms with van der Waals surface area (Å²) in [4.78, 5) is 45.7. The molecule has 3 aromatic rings. The number of para-hydroxylation sites is 2. The lowest BCUT2D eigenvalue weighted by Gasteiger charge is -2.38. The van der Waals surface area contributed by atoms with E-state index in [0.29, 0.717) is 18.3 Å². The predicted octanol–water partition coefficient (Wildman–Crippen LogP) is 5.37. The van der Waals surface area contributed by atoms with Gasteiger partial charge >= 0.3 is 5.97 Å². The van der Waals surface area contributed by atoms with Gasteiger partial charge in [-0.15, -0.1) is 0 Å². The van der Waals surface area contributed by atoms with Gasteiger partial charge in [-0.2, -0.15) is 0 Å². The first-order valence-corrected chi connectivity index (χ1v) is 13.2. The molecule has 2 amide bonds. The van der Waals surface area contributed by atoms with Gasteiger partial charge in [0.1, 0.15) is 17.1 Å². The first-order valence-electron chi connectivity index (χ1n) is 12.5. The third kappa shape index (κ3) is 5.79. The highest BCUT2D eigenvalue weighted by Gasteiger charge is 2.36. The van der Waals surface area contributed by atoms with Crippen molar-refractivity contribution >= 4 is 52.4 Å². The summed E-state index contributed by atoms with van der Waals surface area (Å²) in [7, 11) is 0. The van der Waals surface area contributed by atoms with Gasteiger partial charge < -0.3 is 24.6 Å². The predicted molar refractivity (Wildman–Crippen MR) is 148 cm³/mol. The van der Waals surface area contributed by atoms with Crippen LogP contribution >= 0.6 is 23.2 Å². The van der Waals surface area contributed by atoms with Crippen LogP contribution in [0, 0.1) is 6.92 Å². The van der Waals surface area contributed by atoms with Gasteiger partial charge in [0, 0.05) is 50.1 Å². The molecule has 1 aliphatic heterocycles. The summed E-state index contributed by atoms with van der Waals surface area (Å²) < 4.78 is 10.8. The fourth-order valence-corrected chi connectivity index (χ4v) is 4.92. The van der Waals surface area contributed by atoms with Crippen LogP contribution in [0.25, 0.3) is 0 Å². The molecule has 0 spiro atoms. The summed E-state index contributed by atoms with van der Waals surface area (Å²) in [5, 5.41) is 2.60. The van der Waals surface area contributed by atoms with E-state index in [1.54, 1.807) is 17.9 Å².